The highest BCUT2D eigenvalue weighted by Crippen LogP contribution is 2.49. The van der Waals surface area contributed by atoms with Gasteiger partial charge in [-0.3, -0.25) is 0 Å². The third-order valence-electron chi connectivity index (χ3n) is 6.00. The second-order valence-corrected chi connectivity index (χ2v) is 8.10. The summed E-state index contributed by atoms with van der Waals surface area (Å²) in [7, 11) is 0. The molecule has 0 amide bonds. The predicted molar refractivity (Wildman–Crippen MR) is 107 cm³/mol. The van der Waals surface area contributed by atoms with Crippen molar-refractivity contribution in [2.75, 3.05) is 6.61 Å². The summed E-state index contributed by atoms with van der Waals surface area (Å²) < 4.78 is 11.0. The lowest BCUT2D eigenvalue weighted by atomic mass is 9.88. The molecular formula is C21H24O12. The second kappa shape index (κ2) is 8.41. The van der Waals surface area contributed by atoms with Gasteiger partial charge in [-0.15, -0.1) is 0 Å². The Labute approximate surface area is 186 Å². The van der Waals surface area contributed by atoms with E-state index in [1.807, 2.05) is 0 Å². The molecule has 2 aliphatic heterocycles. The van der Waals surface area contributed by atoms with Crippen LogP contribution in [0, 0.1) is 0 Å². The van der Waals surface area contributed by atoms with Crippen molar-refractivity contribution in [2.45, 2.75) is 49.1 Å². The number of ether oxygens (including phenoxy) is 2. The maximum atomic E-state index is 10.6. The normalized spacial score (nSPS) is 31.6. The van der Waals surface area contributed by atoms with E-state index in [0.29, 0.717) is 0 Å². The molecule has 0 spiro atoms. The maximum Gasteiger partial charge on any atom is 0.200 e. The average Bonchev–Trinajstić information content (AvgIpc) is 2.77. The number of phenolic OH excluding ortho intramolecular Hbond substituents is 5. The molecule has 0 unspecified atom stereocenters. The molecule has 4 rings (SSSR count). The van der Waals surface area contributed by atoms with E-state index >= 15 is 0 Å². The average molecular weight is 468 g/mol. The van der Waals surface area contributed by atoms with Crippen LogP contribution in [0.4, 0.5) is 0 Å². The summed E-state index contributed by atoms with van der Waals surface area (Å²) in [5.74, 6) is -3.27. The van der Waals surface area contributed by atoms with E-state index in [1.165, 1.54) is 0 Å². The van der Waals surface area contributed by atoms with Gasteiger partial charge in [0.1, 0.15) is 47.8 Å². The van der Waals surface area contributed by atoms with Crippen LogP contribution >= 0.6 is 0 Å². The Morgan fingerprint density at radius 2 is 1.39 bits per heavy atom. The Hall–Kier alpha value is -3.00. The lowest BCUT2D eigenvalue weighted by molar-refractivity contribution is -0.232. The smallest absolute Gasteiger partial charge is 0.200 e. The first-order valence-electron chi connectivity index (χ1n) is 10.0. The van der Waals surface area contributed by atoms with Crippen molar-refractivity contribution in [2.24, 2.45) is 0 Å². The number of aromatic hydroxyl groups is 5. The van der Waals surface area contributed by atoms with Gasteiger partial charge < -0.3 is 60.5 Å². The summed E-state index contributed by atoms with van der Waals surface area (Å²) in [5, 5.41) is 101. The quantitative estimate of drug-likeness (QED) is 0.239. The van der Waals surface area contributed by atoms with Gasteiger partial charge in [-0.2, -0.15) is 0 Å². The molecule has 0 aromatic heterocycles. The van der Waals surface area contributed by atoms with Gasteiger partial charge in [0.15, 0.2) is 17.6 Å². The highest BCUT2D eigenvalue weighted by Gasteiger charge is 2.46. The number of aliphatic hydroxyl groups is 5. The molecule has 2 aromatic rings. The minimum Gasteiger partial charge on any atom is -0.507 e. The molecule has 0 radical (unpaired) electrons. The minimum atomic E-state index is -1.74. The zero-order valence-electron chi connectivity index (χ0n) is 17.0. The van der Waals surface area contributed by atoms with Crippen molar-refractivity contribution in [1.29, 1.82) is 0 Å². The molecule has 7 atom stereocenters. The molecule has 2 aliphatic rings. The summed E-state index contributed by atoms with van der Waals surface area (Å²) >= 11 is 0. The van der Waals surface area contributed by atoms with E-state index in [9.17, 15) is 51.1 Å². The molecule has 0 bridgehead atoms. The molecule has 180 valence electrons. The van der Waals surface area contributed by atoms with Crippen LogP contribution in [0.2, 0.25) is 0 Å². The van der Waals surface area contributed by atoms with Crippen LogP contribution in [-0.4, -0.2) is 88.2 Å². The lowest BCUT2D eigenvalue weighted by Gasteiger charge is -2.40. The fourth-order valence-corrected chi connectivity index (χ4v) is 4.22. The van der Waals surface area contributed by atoms with Crippen LogP contribution in [0.3, 0.4) is 0 Å². The van der Waals surface area contributed by atoms with E-state index in [2.05, 4.69) is 0 Å². The van der Waals surface area contributed by atoms with Crippen molar-refractivity contribution in [3.05, 3.63) is 34.9 Å². The van der Waals surface area contributed by atoms with Crippen molar-refractivity contribution in [3.8, 4) is 34.5 Å². The zero-order chi connectivity index (χ0) is 24.2. The van der Waals surface area contributed by atoms with Crippen LogP contribution in [0.5, 0.6) is 34.5 Å². The Bertz CT molecular complexity index is 1030. The number of rotatable bonds is 3. The van der Waals surface area contributed by atoms with Gasteiger partial charge in [0.05, 0.1) is 18.3 Å². The van der Waals surface area contributed by atoms with E-state index in [-0.39, 0.29) is 28.9 Å². The molecule has 0 aliphatic carbocycles. The number of hydrogen-bond donors (Lipinski definition) is 10. The fourth-order valence-electron chi connectivity index (χ4n) is 4.22. The van der Waals surface area contributed by atoms with Gasteiger partial charge >= 0.3 is 0 Å². The molecule has 12 nitrogen and oxygen atoms in total. The Morgan fingerprint density at radius 3 is 2.00 bits per heavy atom. The first kappa shape index (κ1) is 23.2. The first-order chi connectivity index (χ1) is 15.5. The molecule has 1 saturated heterocycles. The summed E-state index contributed by atoms with van der Waals surface area (Å²) in [4.78, 5) is 0. The third kappa shape index (κ3) is 3.76. The van der Waals surface area contributed by atoms with Gasteiger partial charge in [-0.05, 0) is 12.1 Å². The molecule has 2 heterocycles. The number of phenols is 5. The van der Waals surface area contributed by atoms with Crippen LogP contribution in [0.1, 0.15) is 28.9 Å². The Morgan fingerprint density at radius 1 is 0.758 bits per heavy atom. The van der Waals surface area contributed by atoms with Gasteiger partial charge in [-0.1, -0.05) is 0 Å². The second-order valence-electron chi connectivity index (χ2n) is 8.10. The molecule has 1 fully saturated rings. The molecule has 10 N–H and O–H groups in total. The van der Waals surface area contributed by atoms with Crippen LogP contribution in [-0.2, 0) is 11.2 Å². The van der Waals surface area contributed by atoms with Crippen molar-refractivity contribution in [3.63, 3.8) is 0 Å². The summed E-state index contributed by atoms with van der Waals surface area (Å²) in [6.07, 6.45) is -10.5. The number of aliphatic hydroxyl groups excluding tert-OH is 5. The van der Waals surface area contributed by atoms with Gasteiger partial charge in [0.25, 0.3) is 0 Å². The highest BCUT2D eigenvalue weighted by molar-refractivity contribution is 5.61. The van der Waals surface area contributed by atoms with E-state index < -0.39 is 78.1 Å². The van der Waals surface area contributed by atoms with Crippen LogP contribution in [0.25, 0.3) is 0 Å². The first-order valence-corrected chi connectivity index (χ1v) is 10.0. The fraction of sp³-hybridized carbons (Fsp3) is 0.429. The monoisotopic (exact) mass is 468 g/mol. The molecule has 2 aromatic carbocycles. The predicted octanol–water partition coefficient (Wildman–Crippen LogP) is -1.23. The summed E-state index contributed by atoms with van der Waals surface area (Å²) in [6, 6.07) is 3.29. The SMILES string of the molecule is OC[C@H]1O[C@@H](c2c(O)cc([C@H]3Oc4cc(O)c(O)c(O)c4C[C@@H]3O)cc2O)[C@H](O)[C@@H](O)[C@@H]1O. The highest BCUT2D eigenvalue weighted by atomic mass is 16.5. The number of benzene rings is 2. The molecular weight excluding hydrogens is 444 g/mol. The van der Waals surface area contributed by atoms with Crippen molar-refractivity contribution in [1.82, 2.24) is 0 Å². The van der Waals surface area contributed by atoms with E-state index in [0.717, 1.165) is 18.2 Å². The van der Waals surface area contributed by atoms with Gasteiger partial charge in [-0.25, -0.2) is 0 Å². The molecule has 0 saturated carbocycles. The standard InChI is InChI=1S/C21H24O12/c22-5-13-17(29)18(30)19(31)21(33-13)14-8(23)1-6(2-9(14)24)20-11(26)3-7-12(32-20)4-10(25)16(28)15(7)27/h1-2,4,11,13,17-31H,3,5H2/t11-,13+,17+,18-,19+,20+,21-/m0/s1. The largest absolute Gasteiger partial charge is 0.507 e. The maximum absolute atomic E-state index is 10.6. The molecule has 33 heavy (non-hydrogen) atoms. The Kier molecular flexibility index (Phi) is 5.90. The van der Waals surface area contributed by atoms with Crippen molar-refractivity contribution < 1.29 is 60.5 Å². The zero-order valence-corrected chi connectivity index (χ0v) is 17.0. The van der Waals surface area contributed by atoms with Crippen LogP contribution in [0.15, 0.2) is 18.2 Å². The summed E-state index contributed by atoms with van der Waals surface area (Å²) in [6.45, 7) is -0.697. The topological polar surface area (TPSA) is 221 Å². The third-order valence-corrected chi connectivity index (χ3v) is 6.00. The van der Waals surface area contributed by atoms with Crippen LogP contribution < -0.4 is 4.74 Å². The van der Waals surface area contributed by atoms with Gasteiger partial charge in [0.2, 0.25) is 5.75 Å². The molecule has 12 heteroatoms. The lowest BCUT2D eigenvalue weighted by Crippen LogP contribution is -2.55. The number of fused-ring (bicyclic) bond motifs is 1. The Balaban J connectivity index is 1.68. The van der Waals surface area contributed by atoms with E-state index in [4.69, 9.17) is 9.47 Å². The van der Waals surface area contributed by atoms with Crippen molar-refractivity contribution >= 4 is 0 Å². The van der Waals surface area contributed by atoms with E-state index in [1.54, 1.807) is 0 Å². The summed E-state index contributed by atoms with van der Waals surface area (Å²) in [5.41, 5.74) is -0.175. The van der Waals surface area contributed by atoms with Gasteiger partial charge in [0, 0.05) is 23.6 Å². The minimum absolute atomic E-state index is 0.0323. The number of hydrogen-bond acceptors (Lipinski definition) is 12.